The molecule has 25 heavy (non-hydrogen) atoms. The van der Waals surface area contributed by atoms with Gasteiger partial charge in [-0.3, -0.25) is 9.08 Å². The summed E-state index contributed by atoms with van der Waals surface area (Å²) in [6.45, 7) is 1.04. The lowest BCUT2D eigenvalue weighted by molar-refractivity contribution is 0.0784. The molecule has 0 radical (unpaired) electrons. The molecule has 2 heterocycles. The normalized spacial score (nSPS) is 21.4. The third-order valence-electron chi connectivity index (χ3n) is 4.11. The second-order valence-electron chi connectivity index (χ2n) is 6.00. The third kappa shape index (κ3) is 4.02. The van der Waals surface area contributed by atoms with Gasteiger partial charge in [-0.15, -0.1) is 0 Å². The van der Waals surface area contributed by atoms with E-state index < -0.39 is 28.1 Å². The van der Waals surface area contributed by atoms with Crippen molar-refractivity contribution in [3.05, 3.63) is 24.0 Å². The molecule has 0 unspecified atom stereocenters. The highest BCUT2D eigenvalue weighted by atomic mass is 32.2. The number of methoxy groups -OCH3 is 1. The minimum atomic E-state index is -3.62. The maximum absolute atomic E-state index is 14.4. The van der Waals surface area contributed by atoms with Gasteiger partial charge in [-0.05, 0) is 18.2 Å². The van der Waals surface area contributed by atoms with Gasteiger partial charge in [0.15, 0.2) is 0 Å². The first kappa shape index (κ1) is 17.9. The number of hydrogen-bond acceptors (Lipinski definition) is 7. The van der Waals surface area contributed by atoms with Gasteiger partial charge in [0.1, 0.15) is 18.5 Å². The second kappa shape index (κ2) is 6.77. The van der Waals surface area contributed by atoms with Crippen LogP contribution < -0.4 is 9.80 Å². The fraction of sp³-hybridized carbons (Fsp3) is 0.533. The van der Waals surface area contributed by atoms with Crippen molar-refractivity contribution >= 4 is 27.6 Å². The van der Waals surface area contributed by atoms with Crippen molar-refractivity contribution < 1.29 is 31.3 Å². The monoisotopic (exact) mass is 374 g/mol. The lowest BCUT2D eigenvalue weighted by Gasteiger charge is -2.40. The number of benzene rings is 1. The van der Waals surface area contributed by atoms with Crippen LogP contribution in [0, 0.1) is 5.82 Å². The van der Waals surface area contributed by atoms with Crippen LogP contribution in [0.4, 0.5) is 20.6 Å². The van der Waals surface area contributed by atoms with Crippen LogP contribution in [0.25, 0.3) is 0 Å². The molecular formula is C15H19FN2O6S. The van der Waals surface area contributed by atoms with E-state index in [-0.39, 0.29) is 19.3 Å². The molecule has 0 saturated carbocycles. The largest absolute Gasteiger partial charge is 0.441 e. The number of nitrogens with zero attached hydrogens (tertiary/aromatic N) is 2. The molecule has 1 amide bonds. The van der Waals surface area contributed by atoms with Gasteiger partial charge < -0.3 is 14.4 Å². The summed E-state index contributed by atoms with van der Waals surface area (Å²) < 4.78 is 51.2. The molecular weight excluding hydrogens is 355 g/mol. The van der Waals surface area contributed by atoms with Crippen molar-refractivity contribution in [2.75, 3.05) is 49.4 Å². The smallest absolute Gasteiger partial charge is 0.414 e. The molecule has 1 atom stereocenters. The molecule has 2 fully saturated rings. The van der Waals surface area contributed by atoms with Crippen LogP contribution in [-0.2, 0) is 23.8 Å². The number of hydrogen-bond donors (Lipinski definition) is 0. The maximum atomic E-state index is 14.4. The number of rotatable bonds is 6. The molecule has 138 valence electrons. The van der Waals surface area contributed by atoms with Gasteiger partial charge in [-0.25, -0.2) is 9.18 Å². The number of cyclic esters (lactones) is 1. The van der Waals surface area contributed by atoms with Gasteiger partial charge in [-0.1, -0.05) is 0 Å². The van der Waals surface area contributed by atoms with Crippen LogP contribution in [0.2, 0.25) is 0 Å². The molecule has 2 aliphatic rings. The Hall–Kier alpha value is -1.91. The van der Waals surface area contributed by atoms with E-state index in [9.17, 15) is 17.6 Å². The fourth-order valence-electron chi connectivity index (χ4n) is 2.72. The fourth-order valence-corrected chi connectivity index (χ4v) is 3.12. The van der Waals surface area contributed by atoms with Crippen LogP contribution >= 0.6 is 0 Å². The first-order valence-corrected chi connectivity index (χ1v) is 9.48. The number of amides is 1. The van der Waals surface area contributed by atoms with E-state index in [0.717, 1.165) is 6.26 Å². The van der Waals surface area contributed by atoms with E-state index >= 15 is 0 Å². The van der Waals surface area contributed by atoms with Crippen molar-refractivity contribution in [2.45, 2.75) is 12.2 Å². The molecule has 2 saturated heterocycles. The average Bonchev–Trinajstić information content (AvgIpc) is 2.86. The summed E-state index contributed by atoms with van der Waals surface area (Å²) in [5.41, 5.74) is 0.790. The predicted molar refractivity (Wildman–Crippen MR) is 87.8 cm³/mol. The molecule has 8 nitrogen and oxygen atoms in total. The Morgan fingerprint density at radius 1 is 1.32 bits per heavy atom. The number of carbonyl (C=O) groups is 1. The quantitative estimate of drug-likeness (QED) is 0.686. The number of carbonyl (C=O) groups excluding carboxylic acids is 1. The third-order valence-corrected chi connectivity index (χ3v) is 4.67. The minimum absolute atomic E-state index is 0.0859. The summed E-state index contributed by atoms with van der Waals surface area (Å²) in [7, 11) is -2.01. The van der Waals surface area contributed by atoms with Crippen LogP contribution in [-0.4, -0.2) is 66.3 Å². The second-order valence-corrected chi connectivity index (χ2v) is 7.65. The maximum Gasteiger partial charge on any atom is 0.414 e. The Kier molecular flexibility index (Phi) is 4.85. The highest BCUT2D eigenvalue weighted by molar-refractivity contribution is 7.85. The molecule has 3 rings (SSSR count). The summed E-state index contributed by atoms with van der Waals surface area (Å²) in [6, 6.07) is 4.49. The van der Waals surface area contributed by atoms with Crippen molar-refractivity contribution in [3.63, 3.8) is 0 Å². The Balaban J connectivity index is 1.66. The molecule has 1 aromatic carbocycles. The molecule has 0 bridgehead atoms. The van der Waals surface area contributed by atoms with Crippen LogP contribution in [0.5, 0.6) is 0 Å². The van der Waals surface area contributed by atoms with Crippen molar-refractivity contribution in [2.24, 2.45) is 0 Å². The average molecular weight is 374 g/mol. The molecule has 0 aliphatic carbocycles. The Bertz CT molecular complexity index is 765. The molecule has 0 spiro atoms. The van der Waals surface area contributed by atoms with Crippen molar-refractivity contribution in [1.82, 2.24) is 0 Å². The Labute approximate surface area is 145 Å². The zero-order valence-electron chi connectivity index (χ0n) is 13.8. The highest BCUT2D eigenvalue weighted by Crippen LogP contribution is 2.30. The van der Waals surface area contributed by atoms with Gasteiger partial charge >= 0.3 is 6.09 Å². The zero-order valence-corrected chi connectivity index (χ0v) is 14.7. The SMILES string of the molecule is COC1CN(c2ccc(N3C[C@H](COS(C)(=O)=O)OC3=O)cc2F)C1. The first-order valence-electron chi connectivity index (χ1n) is 7.66. The summed E-state index contributed by atoms with van der Waals surface area (Å²) in [4.78, 5) is 15.0. The van der Waals surface area contributed by atoms with Crippen LogP contribution in [0.1, 0.15) is 0 Å². The number of halogens is 1. The van der Waals surface area contributed by atoms with Gasteiger partial charge in [0, 0.05) is 20.2 Å². The number of anilines is 2. The van der Waals surface area contributed by atoms with E-state index in [1.165, 1.54) is 11.0 Å². The van der Waals surface area contributed by atoms with Gasteiger partial charge in [0.05, 0.1) is 30.3 Å². The standard InChI is InChI=1S/C15H19FN2O6S/c1-22-11-6-17(7-11)14-4-3-10(5-13(14)16)18-8-12(24-15(18)19)9-23-25(2,20)21/h3-5,11-12H,6-9H2,1-2H3/t12-/m1/s1. The van der Waals surface area contributed by atoms with Crippen LogP contribution in [0.3, 0.4) is 0 Å². The first-order chi connectivity index (χ1) is 11.8. The summed E-state index contributed by atoms with van der Waals surface area (Å²) in [5, 5.41) is 0. The van der Waals surface area contributed by atoms with E-state index in [0.29, 0.717) is 24.5 Å². The molecule has 1 aromatic rings. The van der Waals surface area contributed by atoms with Crippen LogP contribution in [0.15, 0.2) is 18.2 Å². The van der Waals surface area contributed by atoms with Gasteiger partial charge in [-0.2, -0.15) is 8.42 Å². The molecule has 0 aromatic heterocycles. The molecule has 2 aliphatic heterocycles. The Morgan fingerprint density at radius 2 is 2.04 bits per heavy atom. The summed E-state index contributed by atoms with van der Waals surface area (Å²) >= 11 is 0. The van der Waals surface area contributed by atoms with Crippen molar-refractivity contribution in [3.8, 4) is 0 Å². The number of ether oxygens (including phenoxy) is 2. The highest BCUT2D eigenvalue weighted by Gasteiger charge is 2.34. The molecule has 10 heteroatoms. The predicted octanol–water partition coefficient (Wildman–Crippen LogP) is 0.962. The van der Waals surface area contributed by atoms with Crippen molar-refractivity contribution in [1.29, 1.82) is 0 Å². The van der Waals surface area contributed by atoms with Gasteiger partial charge in [0.2, 0.25) is 0 Å². The zero-order chi connectivity index (χ0) is 18.2. The van der Waals surface area contributed by atoms with E-state index in [2.05, 4.69) is 4.18 Å². The lowest BCUT2D eigenvalue weighted by atomic mass is 10.1. The summed E-state index contributed by atoms with van der Waals surface area (Å²) in [5.74, 6) is -0.448. The molecule has 0 N–H and O–H groups in total. The van der Waals surface area contributed by atoms with E-state index in [1.807, 2.05) is 4.90 Å². The van der Waals surface area contributed by atoms with E-state index in [1.54, 1.807) is 19.2 Å². The summed E-state index contributed by atoms with van der Waals surface area (Å²) in [6.07, 6.45) is -0.386. The lowest BCUT2D eigenvalue weighted by Crippen LogP contribution is -2.52. The van der Waals surface area contributed by atoms with E-state index in [4.69, 9.17) is 9.47 Å². The topological polar surface area (TPSA) is 85.4 Å². The minimum Gasteiger partial charge on any atom is -0.441 e. The Morgan fingerprint density at radius 3 is 2.64 bits per heavy atom. The van der Waals surface area contributed by atoms with Gasteiger partial charge in [0.25, 0.3) is 10.1 Å².